The fourth-order valence-corrected chi connectivity index (χ4v) is 3.48. The van der Waals surface area contributed by atoms with Gasteiger partial charge in [0.05, 0.1) is 0 Å². The minimum Gasteiger partial charge on any atom is -0.312 e. The van der Waals surface area contributed by atoms with E-state index in [2.05, 4.69) is 74.4 Å². The molecule has 0 spiro atoms. The molecule has 118 valence electrons. The van der Waals surface area contributed by atoms with E-state index in [1.165, 1.54) is 37.1 Å². The molecule has 0 radical (unpaired) electrons. The summed E-state index contributed by atoms with van der Waals surface area (Å²) < 4.78 is 0. The molecule has 3 heteroatoms. The monoisotopic (exact) mass is 289 g/mol. The highest BCUT2D eigenvalue weighted by Gasteiger charge is 2.28. The Kier molecular flexibility index (Phi) is 5.80. The molecular weight excluding hydrogens is 258 g/mol. The first-order chi connectivity index (χ1) is 10.0. The second kappa shape index (κ2) is 7.39. The van der Waals surface area contributed by atoms with Crippen molar-refractivity contribution in [3.63, 3.8) is 0 Å². The Bertz CT molecular complexity index is 419. The molecule has 1 aromatic carbocycles. The van der Waals surface area contributed by atoms with Gasteiger partial charge >= 0.3 is 0 Å². The van der Waals surface area contributed by atoms with Gasteiger partial charge in [-0.05, 0) is 66.5 Å². The summed E-state index contributed by atoms with van der Waals surface area (Å²) in [5.74, 6) is 0. The third-order valence-corrected chi connectivity index (χ3v) is 5.04. The number of aryl methyl sites for hydroxylation is 1. The van der Waals surface area contributed by atoms with Crippen LogP contribution in [0.1, 0.15) is 36.9 Å². The number of nitrogens with zero attached hydrogens (tertiary/aromatic N) is 2. The SMILES string of the molecule is CNC(c1ccc(C)cc1)C(C)N1CCC(N(C)C)CC1. The molecule has 1 heterocycles. The number of benzene rings is 1. The molecule has 3 nitrogen and oxygen atoms in total. The van der Waals surface area contributed by atoms with Crippen molar-refractivity contribution < 1.29 is 0 Å². The third kappa shape index (κ3) is 4.06. The van der Waals surface area contributed by atoms with E-state index in [1.807, 2.05) is 0 Å². The number of rotatable bonds is 5. The van der Waals surface area contributed by atoms with Gasteiger partial charge in [-0.1, -0.05) is 29.8 Å². The lowest BCUT2D eigenvalue weighted by molar-refractivity contribution is 0.0981. The van der Waals surface area contributed by atoms with Gasteiger partial charge in [0, 0.05) is 18.1 Å². The lowest BCUT2D eigenvalue weighted by atomic mass is 9.95. The lowest BCUT2D eigenvalue weighted by Crippen LogP contribution is -2.49. The molecule has 0 amide bonds. The van der Waals surface area contributed by atoms with E-state index in [-0.39, 0.29) is 0 Å². The highest BCUT2D eigenvalue weighted by Crippen LogP contribution is 2.25. The normalized spacial score (nSPS) is 20.7. The lowest BCUT2D eigenvalue weighted by Gasteiger charge is -2.41. The van der Waals surface area contributed by atoms with Crippen molar-refractivity contribution in [3.8, 4) is 0 Å². The summed E-state index contributed by atoms with van der Waals surface area (Å²) in [5.41, 5.74) is 2.72. The quantitative estimate of drug-likeness (QED) is 0.899. The van der Waals surface area contributed by atoms with Gasteiger partial charge in [-0.25, -0.2) is 0 Å². The van der Waals surface area contributed by atoms with Crippen molar-refractivity contribution in [2.75, 3.05) is 34.2 Å². The van der Waals surface area contributed by atoms with Gasteiger partial charge in [-0.3, -0.25) is 4.90 Å². The van der Waals surface area contributed by atoms with E-state index in [4.69, 9.17) is 0 Å². The molecule has 2 atom stereocenters. The van der Waals surface area contributed by atoms with Crippen molar-refractivity contribution >= 4 is 0 Å². The molecule has 0 aliphatic carbocycles. The molecule has 2 rings (SSSR count). The fourth-order valence-electron chi connectivity index (χ4n) is 3.48. The van der Waals surface area contributed by atoms with Crippen LogP contribution in [0.4, 0.5) is 0 Å². The molecule has 1 fully saturated rings. The zero-order valence-electron chi connectivity index (χ0n) is 14.3. The highest BCUT2D eigenvalue weighted by atomic mass is 15.2. The van der Waals surface area contributed by atoms with E-state index in [0.29, 0.717) is 12.1 Å². The Balaban J connectivity index is 2.00. The van der Waals surface area contributed by atoms with Crippen LogP contribution >= 0.6 is 0 Å². The van der Waals surface area contributed by atoms with E-state index >= 15 is 0 Å². The molecule has 2 unspecified atom stereocenters. The van der Waals surface area contributed by atoms with Gasteiger partial charge in [-0.15, -0.1) is 0 Å². The van der Waals surface area contributed by atoms with Crippen LogP contribution in [0.15, 0.2) is 24.3 Å². The van der Waals surface area contributed by atoms with Crippen LogP contribution in [0.3, 0.4) is 0 Å². The van der Waals surface area contributed by atoms with Gasteiger partial charge in [0.1, 0.15) is 0 Å². The van der Waals surface area contributed by atoms with Crippen LogP contribution in [0.2, 0.25) is 0 Å². The largest absolute Gasteiger partial charge is 0.312 e. The Morgan fingerprint density at radius 3 is 2.19 bits per heavy atom. The topological polar surface area (TPSA) is 18.5 Å². The predicted molar refractivity (Wildman–Crippen MR) is 90.7 cm³/mol. The third-order valence-electron chi connectivity index (χ3n) is 5.04. The first-order valence-corrected chi connectivity index (χ1v) is 8.17. The summed E-state index contributed by atoms with van der Waals surface area (Å²) in [6.07, 6.45) is 2.56. The smallest absolute Gasteiger partial charge is 0.0473 e. The molecule has 21 heavy (non-hydrogen) atoms. The summed E-state index contributed by atoms with van der Waals surface area (Å²) >= 11 is 0. The Morgan fingerprint density at radius 1 is 1.14 bits per heavy atom. The van der Waals surface area contributed by atoms with Gasteiger partial charge < -0.3 is 10.2 Å². The van der Waals surface area contributed by atoms with Gasteiger partial charge in [0.15, 0.2) is 0 Å². The second-order valence-corrected chi connectivity index (χ2v) is 6.65. The van der Waals surface area contributed by atoms with Crippen LogP contribution in [-0.4, -0.2) is 56.1 Å². The maximum Gasteiger partial charge on any atom is 0.0473 e. The molecule has 1 aliphatic rings. The zero-order chi connectivity index (χ0) is 15.4. The summed E-state index contributed by atoms with van der Waals surface area (Å²) in [7, 11) is 6.48. The number of likely N-dealkylation sites (tertiary alicyclic amines) is 1. The van der Waals surface area contributed by atoms with E-state index < -0.39 is 0 Å². The Labute approximate surface area is 130 Å². The average Bonchev–Trinajstić information content (AvgIpc) is 2.50. The Morgan fingerprint density at radius 2 is 1.71 bits per heavy atom. The second-order valence-electron chi connectivity index (χ2n) is 6.65. The minimum absolute atomic E-state index is 0.404. The number of hydrogen-bond donors (Lipinski definition) is 1. The van der Waals surface area contributed by atoms with Crippen molar-refractivity contribution in [3.05, 3.63) is 35.4 Å². The molecule has 1 aromatic rings. The number of hydrogen-bond acceptors (Lipinski definition) is 3. The minimum atomic E-state index is 0.404. The van der Waals surface area contributed by atoms with E-state index in [1.54, 1.807) is 0 Å². The van der Waals surface area contributed by atoms with Crippen molar-refractivity contribution in [1.29, 1.82) is 0 Å². The maximum absolute atomic E-state index is 3.52. The predicted octanol–water partition coefficient (Wildman–Crippen LogP) is 2.67. The van der Waals surface area contributed by atoms with Crippen molar-refractivity contribution in [2.45, 2.75) is 44.8 Å². The first-order valence-electron chi connectivity index (χ1n) is 8.17. The van der Waals surface area contributed by atoms with Crippen molar-refractivity contribution in [2.24, 2.45) is 0 Å². The Hall–Kier alpha value is -0.900. The van der Waals surface area contributed by atoms with Gasteiger partial charge in [0.2, 0.25) is 0 Å². The average molecular weight is 289 g/mol. The van der Waals surface area contributed by atoms with Crippen LogP contribution in [-0.2, 0) is 0 Å². The van der Waals surface area contributed by atoms with Crippen LogP contribution in [0.25, 0.3) is 0 Å². The van der Waals surface area contributed by atoms with Crippen LogP contribution in [0, 0.1) is 6.92 Å². The first kappa shape index (κ1) is 16.5. The summed E-state index contributed by atoms with van der Waals surface area (Å²) in [5, 5.41) is 3.52. The highest BCUT2D eigenvalue weighted by molar-refractivity contribution is 5.25. The standard InChI is InChI=1S/C18H31N3/c1-14-6-8-16(9-7-14)18(19-3)15(2)21-12-10-17(11-13-21)20(4)5/h6-9,15,17-19H,10-13H2,1-5H3. The molecule has 1 N–H and O–H groups in total. The molecular formula is C18H31N3. The van der Waals surface area contributed by atoms with Gasteiger partial charge in [-0.2, -0.15) is 0 Å². The number of nitrogens with one attached hydrogen (secondary N) is 1. The molecule has 0 bridgehead atoms. The van der Waals surface area contributed by atoms with Crippen LogP contribution in [0.5, 0.6) is 0 Å². The molecule has 0 saturated carbocycles. The number of likely N-dealkylation sites (N-methyl/N-ethyl adjacent to an activating group) is 1. The zero-order valence-corrected chi connectivity index (χ0v) is 14.3. The van der Waals surface area contributed by atoms with Gasteiger partial charge in [0.25, 0.3) is 0 Å². The van der Waals surface area contributed by atoms with E-state index in [0.717, 1.165) is 6.04 Å². The maximum atomic E-state index is 3.52. The van der Waals surface area contributed by atoms with Crippen LogP contribution < -0.4 is 5.32 Å². The molecule has 1 saturated heterocycles. The summed E-state index contributed by atoms with van der Waals surface area (Å²) in [6, 6.07) is 10.6. The summed E-state index contributed by atoms with van der Waals surface area (Å²) in [4.78, 5) is 5.01. The molecule has 1 aliphatic heterocycles. The molecule has 0 aromatic heterocycles. The fraction of sp³-hybridized carbons (Fsp3) is 0.667. The summed E-state index contributed by atoms with van der Waals surface area (Å²) in [6.45, 7) is 6.91. The number of piperidine rings is 1. The van der Waals surface area contributed by atoms with Crippen molar-refractivity contribution in [1.82, 2.24) is 15.1 Å². The van der Waals surface area contributed by atoms with E-state index in [9.17, 15) is 0 Å².